The largest absolute Gasteiger partial charge is 0.497 e. The SMILES string of the molecule is COc1ccc(Br)c(C(=O)Nc2ccc(Br)cc2Cl)c1. The van der Waals surface area contributed by atoms with E-state index in [2.05, 4.69) is 37.2 Å². The van der Waals surface area contributed by atoms with E-state index in [-0.39, 0.29) is 5.91 Å². The zero-order chi connectivity index (χ0) is 14.7. The zero-order valence-electron chi connectivity index (χ0n) is 10.4. The van der Waals surface area contributed by atoms with Gasteiger partial charge in [0.2, 0.25) is 0 Å². The molecule has 0 aliphatic heterocycles. The Balaban J connectivity index is 2.28. The molecule has 0 aromatic heterocycles. The first-order chi connectivity index (χ1) is 9.51. The molecule has 0 saturated heterocycles. The molecule has 20 heavy (non-hydrogen) atoms. The number of nitrogens with one attached hydrogen (secondary N) is 1. The quantitative estimate of drug-likeness (QED) is 0.749. The van der Waals surface area contributed by atoms with Crippen LogP contribution in [-0.2, 0) is 0 Å². The lowest BCUT2D eigenvalue weighted by Crippen LogP contribution is -2.13. The predicted octanol–water partition coefficient (Wildman–Crippen LogP) is 5.13. The van der Waals surface area contributed by atoms with Crippen molar-refractivity contribution in [1.29, 1.82) is 0 Å². The number of benzene rings is 2. The van der Waals surface area contributed by atoms with E-state index >= 15 is 0 Å². The van der Waals surface area contributed by atoms with E-state index < -0.39 is 0 Å². The number of ether oxygens (including phenoxy) is 1. The van der Waals surface area contributed by atoms with Gasteiger partial charge in [0.05, 0.1) is 23.4 Å². The second-order valence-electron chi connectivity index (χ2n) is 3.92. The summed E-state index contributed by atoms with van der Waals surface area (Å²) in [7, 11) is 1.55. The van der Waals surface area contributed by atoms with Crippen LogP contribution >= 0.6 is 43.5 Å². The molecule has 0 radical (unpaired) electrons. The summed E-state index contributed by atoms with van der Waals surface area (Å²) in [4.78, 5) is 12.3. The minimum atomic E-state index is -0.264. The van der Waals surface area contributed by atoms with E-state index in [1.165, 1.54) is 0 Å². The van der Waals surface area contributed by atoms with E-state index in [0.717, 1.165) is 4.47 Å². The third-order valence-corrected chi connectivity index (χ3v) is 4.09. The average Bonchev–Trinajstić information content (AvgIpc) is 2.42. The highest BCUT2D eigenvalue weighted by molar-refractivity contribution is 9.10. The number of halogens is 3. The van der Waals surface area contributed by atoms with Gasteiger partial charge in [-0.2, -0.15) is 0 Å². The van der Waals surface area contributed by atoms with Crippen LogP contribution in [0.1, 0.15) is 10.4 Å². The maximum atomic E-state index is 12.3. The van der Waals surface area contributed by atoms with Crippen molar-refractivity contribution in [2.24, 2.45) is 0 Å². The van der Waals surface area contributed by atoms with Gasteiger partial charge in [-0.15, -0.1) is 0 Å². The second kappa shape index (κ2) is 6.61. The zero-order valence-corrected chi connectivity index (χ0v) is 14.3. The van der Waals surface area contributed by atoms with Crippen LogP contribution < -0.4 is 10.1 Å². The summed E-state index contributed by atoms with van der Waals surface area (Å²) >= 11 is 12.7. The van der Waals surface area contributed by atoms with Gasteiger partial charge < -0.3 is 10.1 Å². The molecule has 2 rings (SSSR count). The second-order valence-corrected chi connectivity index (χ2v) is 6.10. The minimum Gasteiger partial charge on any atom is -0.497 e. The smallest absolute Gasteiger partial charge is 0.256 e. The van der Waals surface area contributed by atoms with Crippen molar-refractivity contribution >= 4 is 55.1 Å². The van der Waals surface area contributed by atoms with Crippen molar-refractivity contribution in [3.05, 3.63) is 55.9 Å². The molecule has 0 aliphatic carbocycles. The highest BCUT2D eigenvalue weighted by Gasteiger charge is 2.13. The Morgan fingerprint density at radius 3 is 2.60 bits per heavy atom. The van der Waals surface area contributed by atoms with Crippen LogP contribution in [0.2, 0.25) is 5.02 Å². The van der Waals surface area contributed by atoms with Crippen molar-refractivity contribution < 1.29 is 9.53 Å². The Kier molecular flexibility index (Phi) is 5.07. The average molecular weight is 420 g/mol. The third kappa shape index (κ3) is 3.53. The number of carbonyl (C=O) groups excluding carboxylic acids is 1. The number of carbonyl (C=O) groups is 1. The summed E-state index contributed by atoms with van der Waals surface area (Å²) in [5.41, 5.74) is 1.03. The first-order valence-corrected chi connectivity index (χ1v) is 7.57. The van der Waals surface area contributed by atoms with Gasteiger partial charge >= 0.3 is 0 Å². The minimum absolute atomic E-state index is 0.264. The number of hydrogen-bond donors (Lipinski definition) is 1. The fourth-order valence-electron chi connectivity index (χ4n) is 1.59. The number of hydrogen-bond acceptors (Lipinski definition) is 2. The molecule has 0 spiro atoms. The topological polar surface area (TPSA) is 38.3 Å². The molecule has 6 heteroatoms. The van der Waals surface area contributed by atoms with Gasteiger partial charge in [-0.3, -0.25) is 4.79 Å². The Morgan fingerprint density at radius 1 is 1.20 bits per heavy atom. The van der Waals surface area contributed by atoms with E-state index in [4.69, 9.17) is 16.3 Å². The van der Waals surface area contributed by atoms with Crippen LogP contribution in [0.3, 0.4) is 0 Å². The van der Waals surface area contributed by atoms with Gasteiger partial charge in [0.1, 0.15) is 5.75 Å². The van der Waals surface area contributed by atoms with E-state index in [0.29, 0.717) is 26.5 Å². The molecule has 2 aromatic rings. The van der Waals surface area contributed by atoms with Crippen LogP contribution in [0.15, 0.2) is 45.3 Å². The standard InChI is InChI=1S/C14H10Br2ClNO2/c1-20-9-3-4-11(16)10(7-9)14(19)18-13-5-2-8(15)6-12(13)17/h2-7H,1H3,(H,18,19). The van der Waals surface area contributed by atoms with Crippen LogP contribution in [-0.4, -0.2) is 13.0 Å². The van der Waals surface area contributed by atoms with Gasteiger partial charge in [-0.25, -0.2) is 0 Å². The van der Waals surface area contributed by atoms with Crippen molar-refractivity contribution in [1.82, 2.24) is 0 Å². The summed E-state index contributed by atoms with van der Waals surface area (Å²) in [6.45, 7) is 0. The fraction of sp³-hybridized carbons (Fsp3) is 0.0714. The Morgan fingerprint density at radius 2 is 1.95 bits per heavy atom. The van der Waals surface area contributed by atoms with Gasteiger partial charge in [0.25, 0.3) is 5.91 Å². The van der Waals surface area contributed by atoms with E-state index in [1.807, 2.05) is 6.07 Å². The number of methoxy groups -OCH3 is 1. The maximum absolute atomic E-state index is 12.3. The fourth-order valence-corrected chi connectivity index (χ4v) is 2.73. The number of anilines is 1. The molecule has 2 aromatic carbocycles. The van der Waals surface area contributed by atoms with E-state index in [1.54, 1.807) is 37.4 Å². The predicted molar refractivity (Wildman–Crippen MR) is 87.8 cm³/mol. The maximum Gasteiger partial charge on any atom is 0.256 e. The summed E-state index contributed by atoms with van der Waals surface area (Å²) in [6, 6.07) is 10.5. The molecule has 0 aliphatic rings. The summed E-state index contributed by atoms with van der Waals surface area (Å²) in [5.74, 6) is 0.347. The van der Waals surface area contributed by atoms with Crippen LogP contribution in [0.4, 0.5) is 5.69 Å². The van der Waals surface area contributed by atoms with Crippen LogP contribution in [0.25, 0.3) is 0 Å². The van der Waals surface area contributed by atoms with Crippen LogP contribution in [0.5, 0.6) is 5.75 Å². The Labute approximate surface area is 138 Å². The molecule has 0 saturated carbocycles. The van der Waals surface area contributed by atoms with Gasteiger partial charge in [0, 0.05) is 8.95 Å². The van der Waals surface area contributed by atoms with Crippen molar-refractivity contribution in [3.63, 3.8) is 0 Å². The van der Waals surface area contributed by atoms with Crippen molar-refractivity contribution in [2.75, 3.05) is 12.4 Å². The molecule has 0 heterocycles. The molecule has 1 amide bonds. The van der Waals surface area contributed by atoms with Crippen molar-refractivity contribution in [3.8, 4) is 5.75 Å². The van der Waals surface area contributed by atoms with Gasteiger partial charge in [0.15, 0.2) is 0 Å². The Bertz CT molecular complexity index is 662. The molecule has 104 valence electrons. The monoisotopic (exact) mass is 417 g/mol. The molecule has 0 bridgehead atoms. The molecule has 3 nitrogen and oxygen atoms in total. The van der Waals surface area contributed by atoms with Gasteiger partial charge in [-0.05, 0) is 52.3 Å². The molecular weight excluding hydrogens is 409 g/mol. The molecule has 0 unspecified atom stereocenters. The lowest BCUT2D eigenvalue weighted by Gasteiger charge is -2.10. The first kappa shape index (κ1) is 15.4. The highest BCUT2D eigenvalue weighted by Crippen LogP contribution is 2.28. The molecular formula is C14H10Br2ClNO2. The Hall–Kier alpha value is -1.04. The normalized spacial score (nSPS) is 10.2. The lowest BCUT2D eigenvalue weighted by molar-refractivity contribution is 0.102. The number of amides is 1. The first-order valence-electron chi connectivity index (χ1n) is 5.61. The summed E-state index contributed by atoms with van der Waals surface area (Å²) < 4.78 is 6.65. The summed E-state index contributed by atoms with van der Waals surface area (Å²) in [6.07, 6.45) is 0. The van der Waals surface area contributed by atoms with Gasteiger partial charge in [-0.1, -0.05) is 27.5 Å². The molecule has 0 fully saturated rings. The summed E-state index contributed by atoms with van der Waals surface area (Å²) in [5, 5.41) is 3.23. The molecule has 1 N–H and O–H groups in total. The van der Waals surface area contributed by atoms with Crippen molar-refractivity contribution in [2.45, 2.75) is 0 Å². The number of rotatable bonds is 3. The highest BCUT2D eigenvalue weighted by atomic mass is 79.9. The lowest BCUT2D eigenvalue weighted by atomic mass is 10.2. The van der Waals surface area contributed by atoms with Crippen LogP contribution in [0, 0.1) is 0 Å². The van der Waals surface area contributed by atoms with E-state index in [9.17, 15) is 4.79 Å². The molecule has 0 atom stereocenters. The third-order valence-electron chi connectivity index (χ3n) is 2.60.